The van der Waals surface area contributed by atoms with Crippen molar-refractivity contribution in [3.8, 4) is 11.5 Å². The molecule has 172 valence electrons. The van der Waals surface area contributed by atoms with Crippen LogP contribution in [0.3, 0.4) is 0 Å². The van der Waals surface area contributed by atoms with E-state index in [1.54, 1.807) is 42.5 Å². The number of rotatable bonds is 7. The number of benzene rings is 3. The first-order valence-corrected chi connectivity index (χ1v) is 11.9. The van der Waals surface area contributed by atoms with Gasteiger partial charge in [0, 0.05) is 18.2 Å². The summed E-state index contributed by atoms with van der Waals surface area (Å²) in [7, 11) is -4.30. The van der Waals surface area contributed by atoms with E-state index in [1.165, 1.54) is 12.1 Å². The number of fused-ring (bicyclic) bond motifs is 1. The minimum atomic E-state index is -4.30. The number of hydrogen-bond donors (Lipinski definition) is 2. The molecule has 3 aromatic rings. The molecule has 1 aliphatic heterocycles. The molecule has 1 aliphatic rings. The molecule has 0 aliphatic carbocycles. The number of carbonyl (C=O) groups excluding carboxylic acids is 1. The van der Waals surface area contributed by atoms with E-state index in [9.17, 15) is 17.6 Å². The third-order valence-electron chi connectivity index (χ3n) is 5.04. The molecule has 0 saturated heterocycles. The van der Waals surface area contributed by atoms with Gasteiger partial charge < -0.3 is 14.8 Å². The fourth-order valence-electron chi connectivity index (χ4n) is 3.42. The van der Waals surface area contributed by atoms with Gasteiger partial charge in [-0.25, -0.2) is 12.8 Å². The van der Waals surface area contributed by atoms with Gasteiger partial charge >= 0.3 is 0 Å². The highest BCUT2D eigenvalue weighted by atomic mass is 32.2. The average Bonchev–Trinajstić information content (AvgIpc) is 3.04. The Bertz CT molecular complexity index is 1230. The van der Waals surface area contributed by atoms with Crippen molar-refractivity contribution in [3.63, 3.8) is 0 Å². The van der Waals surface area contributed by atoms with Gasteiger partial charge in [0.15, 0.2) is 11.5 Å². The fraction of sp³-hybridized carbons (Fsp3) is 0.208. The number of carbonyl (C=O) groups is 1. The smallest absolute Gasteiger partial charge is 0.244 e. The molecule has 7 nitrogen and oxygen atoms in total. The zero-order valence-electron chi connectivity index (χ0n) is 17.7. The molecule has 0 spiro atoms. The number of anilines is 1. The van der Waals surface area contributed by atoms with Gasteiger partial charge in [-0.05, 0) is 36.2 Å². The van der Waals surface area contributed by atoms with Crippen molar-refractivity contribution in [1.82, 2.24) is 4.72 Å². The van der Waals surface area contributed by atoms with E-state index in [1.807, 2.05) is 6.07 Å². The summed E-state index contributed by atoms with van der Waals surface area (Å²) in [5, 5.41) is 2.73. The van der Waals surface area contributed by atoms with Crippen LogP contribution in [0, 0.1) is 5.82 Å². The lowest BCUT2D eigenvalue weighted by Crippen LogP contribution is -2.45. The van der Waals surface area contributed by atoms with Crippen LogP contribution < -0.4 is 19.5 Å². The van der Waals surface area contributed by atoms with E-state index in [0.29, 0.717) is 30.4 Å². The molecule has 0 aromatic heterocycles. The quantitative estimate of drug-likeness (QED) is 0.551. The van der Waals surface area contributed by atoms with E-state index >= 15 is 0 Å². The van der Waals surface area contributed by atoms with Gasteiger partial charge in [0.1, 0.15) is 16.8 Å². The maximum atomic E-state index is 14.2. The molecule has 4 rings (SSSR count). The molecular weight excluding hydrogens is 447 g/mol. The fourth-order valence-corrected chi connectivity index (χ4v) is 4.70. The summed E-state index contributed by atoms with van der Waals surface area (Å²) >= 11 is 0. The molecule has 0 fully saturated rings. The number of sulfonamides is 1. The molecule has 1 atom stereocenters. The highest BCUT2D eigenvalue weighted by molar-refractivity contribution is 7.89. The Balaban J connectivity index is 1.58. The summed E-state index contributed by atoms with van der Waals surface area (Å²) in [6.07, 6.45) is 0.818. The van der Waals surface area contributed by atoms with Gasteiger partial charge in [-0.15, -0.1) is 0 Å². The van der Waals surface area contributed by atoms with Crippen molar-refractivity contribution < 1.29 is 27.1 Å². The van der Waals surface area contributed by atoms with Gasteiger partial charge in [0.25, 0.3) is 0 Å². The van der Waals surface area contributed by atoms with Crippen LogP contribution in [-0.4, -0.2) is 33.6 Å². The van der Waals surface area contributed by atoms with Crippen LogP contribution in [0.2, 0.25) is 0 Å². The molecule has 3 aromatic carbocycles. The third kappa shape index (κ3) is 5.68. The number of hydrogen-bond acceptors (Lipinski definition) is 5. The molecule has 1 heterocycles. The first-order chi connectivity index (χ1) is 15.9. The number of amides is 1. The largest absolute Gasteiger partial charge is 0.490 e. The molecular formula is C24H23FN2O5S. The summed E-state index contributed by atoms with van der Waals surface area (Å²) < 4.78 is 53.5. The average molecular weight is 471 g/mol. The Morgan fingerprint density at radius 3 is 2.39 bits per heavy atom. The summed E-state index contributed by atoms with van der Waals surface area (Å²) in [6.45, 7) is 1.03. The molecule has 33 heavy (non-hydrogen) atoms. The number of nitrogens with one attached hydrogen (secondary N) is 2. The second kappa shape index (κ2) is 10.0. The van der Waals surface area contributed by atoms with Gasteiger partial charge in [0.05, 0.1) is 13.2 Å². The summed E-state index contributed by atoms with van der Waals surface area (Å²) in [5.74, 6) is -0.413. The Labute approximate surface area is 191 Å². The Kier molecular flexibility index (Phi) is 6.90. The Morgan fingerprint density at radius 1 is 0.939 bits per heavy atom. The normalized spacial score (nSPS) is 14.2. The second-order valence-electron chi connectivity index (χ2n) is 7.50. The predicted molar refractivity (Wildman–Crippen MR) is 121 cm³/mol. The van der Waals surface area contributed by atoms with Gasteiger partial charge in [0.2, 0.25) is 15.9 Å². The van der Waals surface area contributed by atoms with Crippen molar-refractivity contribution in [3.05, 3.63) is 84.2 Å². The Hall–Kier alpha value is -3.43. The van der Waals surface area contributed by atoms with Crippen LogP contribution in [0.5, 0.6) is 11.5 Å². The van der Waals surface area contributed by atoms with Crippen LogP contribution >= 0.6 is 0 Å². The van der Waals surface area contributed by atoms with E-state index < -0.39 is 32.7 Å². The van der Waals surface area contributed by atoms with Crippen molar-refractivity contribution in [1.29, 1.82) is 0 Å². The van der Waals surface area contributed by atoms with Crippen LogP contribution in [0.1, 0.15) is 12.0 Å². The van der Waals surface area contributed by atoms with Crippen molar-refractivity contribution in [2.75, 3.05) is 18.5 Å². The summed E-state index contributed by atoms with van der Waals surface area (Å²) in [6, 6.07) is 17.8. The second-order valence-corrected chi connectivity index (χ2v) is 9.18. The van der Waals surface area contributed by atoms with Crippen molar-refractivity contribution >= 4 is 21.6 Å². The summed E-state index contributed by atoms with van der Waals surface area (Å²) in [5.41, 5.74) is 1.17. The van der Waals surface area contributed by atoms with Crippen LogP contribution in [0.4, 0.5) is 10.1 Å². The van der Waals surface area contributed by atoms with Crippen LogP contribution in [-0.2, 0) is 21.2 Å². The molecule has 9 heteroatoms. The van der Waals surface area contributed by atoms with Crippen LogP contribution in [0.15, 0.2) is 77.7 Å². The molecule has 2 N–H and O–H groups in total. The maximum Gasteiger partial charge on any atom is 0.244 e. The SMILES string of the molecule is O=C(Nc1ccc2c(c1)OCCCO2)[C@@H](Cc1ccccc1)NS(=O)(=O)c1ccccc1F. The molecule has 1 amide bonds. The highest BCUT2D eigenvalue weighted by Crippen LogP contribution is 2.32. The lowest BCUT2D eigenvalue weighted by atomic mass is 10.1. The Morgan fingerprint density at radius 2 is 1.64 bits per heavy atom. The predicted octanol–water partition coefficient (Wildman–Crippen LogP) is 3.52. The highest BCUT2D eigenvalue weighted by Gasteiger charge is 2.28. The first kappa shape index (κ1) is 22.8. The lowest BCUT2D eigenvalue weighted by Gasteiger charge is -2.19. The standard InChI is InChI=1S/C24H23FN2O5S/c25-19-9-4-5-10-23(19)33(29,30)27-20(15-17-7-2-1-3-8-17)24(28)26-18-11-12-21-22(16-18)32-14-6-13-31-21/h1-5,7-12,16,20,27H,6,13-15H2,(H,26,28)/t20-/m1/s1. The zero-order chi connectivity index (χ0) is 23.3. The van der Waals surface area contributed by atoms with Crippen molar-refractivity contribution in [2.45, 2.75) is 23.8 Å². The van der Waals surface area contributed by atoms with E-state index in [2.05, 4.69) is 10.0 Å². The number of halogens is 1. The molecule has 0 radical (unpaired) electrons. The molecule has 0 bridgehead atoms. The summed E-state index contributed by atoms with van der Waals surface area (Å²) in [4.78, 5) is 12.6. The van der Waals surface area contributed by atoms with Crippen LogP contribution in [0.25, 0.3) is 0 Å². The van der Waals surface area contributed by atoms with Gasteiger partial charge in [-0.1, -0.05) is 42.5 Å². The molecule has 0 saturated carbocycles. The van der Waals surface area contributed by atoms with Gasteiger partial charge in [-0.3, -0.25) is 4.79 Å². The monoisotopic (exact) mass is 470 g/mol. The topological polar surface area (TPSA) is 93.7 Å². The zero-order valence-corrected chi connectivity index (χ0v) is 18.5. The first-order valence-electron chi connectivity index (χ1n) is 10.4. The van der Waals surface area contributed by atoms with E-state index in [0.717, 1.165) is 24.1 Å². The minimum absolute atomic E-state index is 0.0743. The van der Waals surface area contributed by atoms with Crippen molar-refractivity contribution in [2.24, 2.45) is 0 Å². The molecule has 0 unspecified atom stereocenters. The lowest BCUT2D eigenvalue weighted by molar-refractivity contribution is -0.117. The third-order valence-corrected chi connectivity index (χ3v) is 6.54. The number of ether oxygens (including phenoxy) is 2. The van der Waals surface area contributed by atoms with Gasteiger partial charge in [-0.2, -0.15) is 4.72 Å². The minimum Gasteiger partial charge on any atom is -0.490 e. The van der Waals surface area contributed by atoms with E-state index in [-0.39, 0.29) is 6.42 Å². The van der Waals surface area contributed by atoms with E-state index in [4.69, 9.17) is 9.47 Å². The maximum absolute atomic E-state index is 14.2.